The minimum absolute atomic E-state index is 0.107. The minimum atomic E-state index is -4.95. The van der Waals surface area contributed by atoms with Gasteiger partial charge in [-0.3, -0.25) is 37.3 Å². The molecule has 0 aliphatic carbocycles. The molecule has 0 aromatic heterocycles. The molecule has 0 fully saturated rings. The summed E-state index contributed by atoms with van der Waals surface area (Å²) >= 11 is 0. The summed E-state index contributed by atoms with van der Waals surface area (Å²) in [5.74, 6) is -1.35. The van der Waals surface area contributed by atoms with Crippen molar-refractivity contribution in [2.24, 2.45) is 5.92 Å². The zero-order valence-electron chi connectivity index (χ0n) is 60.4. The fourth-order valence-electron chi connectivity index (χ4n) is 11.4. The van der Waals surface area contributed by atoms with Crippen LogP contribution in [0.1, 0.15) is 388 Å². The summed E-state index contributed by atoms with van der Waals surface area (Å²) in [7, 11) is -9.90. The van der Waals surface area contributed by atoms with Crippen LogP contribution in [-0.4, -0.2) is 96.7 Å². The molecule has 0 aromatic carbocycles. The maximum atomic E-state index is 13.1. The van der Waals surface area contributed by atoms with E-state index >= 15 is 0 Å². The SMILES string of the molecule is CCCCCCCCCCCCCCCCCCCCCCC(=O)O[C@H](COC(=O)CCCCCCCCCCCCCC(C)C)COP(=O)(O)OC[C@@H](O)COP(=O)(O)OC[C@@H](COC(=O)CCCCCCCCCC)OC(=O)CCCCCCCCCCCCC. The number of carbonyl (C=O) groups is 4. The Labute approximate surface area is 568 Å². The summed E-state index contributed by atoms with van der Waals surface area (Å²) in [6.45, 7) is 7.25. The van der Waals surface area contributed by atoms with Crippen LogP contribution < -0.4 is 0 Å². The summed E-state index contributed by atoms with van der Waals surface area (Å²) in [6.07, 6.45) is 55.6. The molecule has 0 aromatic rings. The second kappa shape index (κ2) is 67.3. The number of ether oxygens (including phenoxy) is 4. The van der Waals surface area contributed by atoms with Crippen molar-refractivity contribution in [1.82, 2.24) is 0 Å². The van der Waals surface area contributed by atoms with E-state index in [4.69, 9.17) is 37.0 Å². The van der Waals surface area contributed by atoms with E-state index in [-0.39, 0.29) is 25.7 Å². The fraction of sp³-hybridized carbons (Fsp3) is 0.946. The van der Waals surface area contributed by atoms with Gasteiger partial charge in [-0.1, -0.05) is 336 Å². The van der Waals surface area contributed by atoms with E-state index in [2.05, 4.69) is 34.6 Å². The van der Waals surface area contributed by atoms with Gasteiger partial charge in [-0.25, -0.2) is 9.13 Å². The molecule has 0 aliphatic rings. The van der Waals surface area contributed by atoms with Crippen LogP contribution in [0.3, 0.4) is 0 Å². The van der Waals surface area contributed by atoms with Crippen LogP contribution in [0.25, 0.3) is 0 Å². The predicted octanol–water partition coefficient (Wildman–Crippen LogP) is 21.7. The second-order valence-electron chi connectivity index (χ2n) is 27.2. The van der Waals surface area contributed by atoms with Gasteiger partial charge in [0.1, 0.15) is 19.3 Å². The molecule has 0 radical (unpaired) electrons. The smallest absolute Gasteiger partial charge is 0.462 e. The van der Waals surface area contributed by atoms with Crippen LogP contribution in [0.4, 0.5) is 0 Å². The average Bonchev–Trinajstić information content (AvgIpc) is 2.28. The number of aliphatic hydroxyl groups is 1. The Morgan fingerprint density at radius 2 is 0.495 bits per heavy atom. The first-order valence-corrected chi connectivity index (χ1v) is 41.6. The molecule has 0 spiro atoms. The zero-order chi connectivity index (χ0) is 68.4. The number of esters is 4. The molecule has 3 N–H and O–H groups in total. The van der Waals surface area contributed by atoms with Gasteiger partial charge in [0.2, 0.25) is 0 Å². The van der Waals surface area contributed by atoms with Gasteiger partial charge in [0.05, 0.1) is 26.4 Å². The fourth-order valence-corrected chi connectivity index (χ4v) is 12.9. The highest BCUT2D eigenvalue weighted by Crippen LogP contribution is 2.45. The van der Waals surface area contributed by atoms with E-state index in [0.717, 1.165) is 102 Å². The Morgan fingerprint density at radius 3 is 0.731 bits per heavy atom. The molecule has 0 aliphatic heterocycles. The standard InChI is InChI=1S/C74H144O17P2/c1-6-9-12-15-18-21-23-24-25-26-27-28-29-30-31-35-40-45-50-55-60-74(79)91-70(64-85-72(77)58-53-48-43-38-36-32-34-37-41-46-51-56-67(4)5)66-89-93(82,83)87-62-68(75)61-86-92(80,81)88-65-69(63-84-71(76)57-52-47-42-20-17-14-11-8-3)90-73(78)59-54-49-44-39-33-22-19-16-13-10-7-2/h67-70,75H,6-66H2,1-5H3,(H,80,81)(H,82,83)/t68-,69+,70+/m0/s1. The maximum Gasteiger partial charge on any atom is 0.472 e. The van der Waals surface area contributed by atoms with Crippen molar-refractivity contribution in [2.75, 3.05) is 39.6 Å². The number of carbonyl (C=O) groups excluding carboxylic acids is 4. The van der Waals surface area contributed by atoms with Gasteiger partial charge >= 0.3 is 39.5 Å². The van der Waals surface area contributed by atoms with Crippen LogP contribution in [0.2, 0.25) is 0 Å². The largest absolute Gasteiger partial charge is 0.472 e. The van der Waals surface area contributed by atoms with Gasteiger partial charge < -0.3 is 33.8 Å². The van der Waals surface area contributed by atoms with Crippen LogP contribution in [0.5, 0.6) is 0 Å². The average molecular weight is 1370 g/mol. The molecule has 19 heteroatoms. The van der Waals surface area contributed by atoms with Crippen molar-refractivity contribution < 1.29 is 80.2 Å². The van der Waals surface area contributed by atoms with Crippen molar-refractivity contribution in [1.29, 1.82) is 0 Å². The third-order valence-corrected chi connectivity index (χ3v) is 19.2. The van der Waals surface area contributed by atoms with Crippen LogP contribution >= 0.6 is 15.6 Å². The lowest BCUT2D eigenvalue weighted by Crippen LogP contribution is -2.30. The number of phosphoric ester groups is 2. The Balaban J connectivity index is 5.18. The topological polar surface area (TPSA) is 237 Å². The molecule has 0 heterocycles. The van der Waals surface area contributed by atoms with Crippen molar-refractivity contribution in [2.45, 2.75) is 406 Å². The molecule has 2 unspecified atom stereocenters. The Hall–Kier alpha value is -1.94. The van der Waals surface area contributed by atoms with Gasteiger partial charge in [-0.2, -0.15) is 0 Å². The molecular weight excluding hydrogens is 1220 g/mol. The number of hydrogen-bond acceptors (Lipinski definition) is 15. The van der Waals surface area contributed by atoms with Gasteiger partial charge in [0, 0.05) is 25.7 Å². The molecule has 0 bridgehead atoms. The molecule has 0 amide bonds. The lowest BCUT2D eigenvalue weighted by molar-refractivity contribution is -0.161. The molecule has 5 atom stereocenters. The minimum Gasteiger partial charge on any atom is -0.462 e. The van der Waals surface area contributed by atoms with E-state index < -0.39 is 97.5 Å². The third-order valence-electron chi connectivity index (χ3n) is 17.3. The summed E-state index contributed by atoms with van der Waals surface area (Å²) in [4.78, 5) is 72.6. The van der Waals surface area contributed by atoms with Crippen molar-refractivity contribution in [3.05, 3.63) is 0 Å². The third kappa shape index (κ3) is 68.4. The second-order valence-corrected chi connectivity index (χ2v) is 30.1. The molecule has 552 valence electrons. The number of hydrogen-bond donors (Lipinski definition) is 3. The molecule has 0 rings (SSSR count). The van der Waals surface area contributed by atoms with E-state index in [9.17, 15) is 43.2 Å². The first kappa shape index (κ1) is 91.1. The van der Waals surface area contributed by atoms with E-state index in [1.165, 1.54) is 205 Å². The number of phosphoric acid groups is 2. The number of aliphatic hydroxyl groups excluding tert-OH is 1. The number of unbranched alkanes of at least 4 members (excludes halogenated alkanes) is 46. The lowest BCUT2D eigenvalue weighted by atomic mass is 10.0. The quantitative estimate of drug-likeness (QED) is 0.0222. The maximum absolute atomic E-state index is 13.1. The van der Waals surface area contributed by atoms with Gasteiger partial charge in [-0.15, -0.1) is 0 Å². The van der Waals surface area contributed by atoms with Crippen molar-refractivity contribution in [3.8, 4) is 0 Å². The lowest BCUT2D eigenvalue weighted by Gasteiger charge is -2.21. The summed E-state index contributed by atoms with van der Waals surface area (Å²) in [5, 5.41) is 10.6. The van der Waals surface area contributed by atoms with Crippen molar-refractivity contribution in [3.63, 3.8) is 0 Å². The summed E-state index contributed by atoms with van der Waals surface area (Å²) < 4.78 is 68.4. The van der Waals surface area contributed by atoms with Crippen LogP contribution in [-0.2, 0) is 65.4 Å². The van der Waals surface area contributed by atoms with Crippen molar-refractivity contribution >= 4 is 39.5 Å². The van der Waals surface area contributed by atoms with Gasteiger partial charge in [0.15, 0.2) is 12.2 Å². The number of rotatable bonds is 74. The molecule has 0 saturated carbocycles. The summed E-state index contributed by atoms with van der Waals surface area (Å²) in [6, 6.07) is 0. The highest BCUT2D eigenvalue weighted by Gasteiger charge is 2.30. The monoisotopic (exact) mass is 1370 g/mol. The Bertz CT molecular complexity index is 1790. The first-order valence-electron chi connectivity index (χ1n) is 38.6. The van der Waals surface area contributed by atoms with Crippen LogP contribution in [0.15, 0.2) is 0 Å². The Morgan fingerprint density at radius 1 is 0.290 bits per heavy atom. The van der Waals surface area contributed by atoms with Crippen LogP contribution in [0, 0.1) is 5.92 Å². The van der Waals surface area contributed by atoms with Gasteiger partial charge in [-0.05, 0) is 31.6 Å². The first-order chi connectivity index (χ1) is 45.0. The predicted molar refractivity (Wildman–Crippen MR) is 377 cm³/mol. The van der Waals surface area contributed by atoms with Gasteiger partial charge in [0.25, 0.3) is 0 Å². The Kier molecular flexibility index (Phi) is 65.9. The molecule has 93 heavy (non-hydrogen) atoms. The summed E-state index contributed by atoms with van der Waals surface area (Å²) in [5.41, 5.74) is 0. The normalized spacial score (nSPS) is 14.0. The van der Waals surface area contributed by atoms with E-state index in [0.29, 0.717) is 25.7 Å². The molecule has 0 saturated heterocycles. The zero-order valence-corrected chi connectivity index (χ0v) is 62.2. The molecule has 17 nitrogen and oxygen atoms in total. The highest BCUT2D eigenvalue weighted by atomic mass is 31.2. The molecular formula is C74H144O17P2. The van der Waals surface area contributed by atoms with E-state index in [1.54, 1.807) is 0 Å². The highest BCUT2D eigenvalue weighted by molar-refractivity contribution is 7.47. The van der Waals surface area contributed by atoms with E-state index in [1.807, 2.05) is 0 Å².